The molecule has 2 unspecified atom stereocenters. The molecule has 1 heterocycles. The topological polar surface area (TPSA) is 46.3 Å². The molecule has 2 atom stereocenters. The molecular weight excluding hydrogens is 255 g/mol. The Kier molecular flexibility index (Phi) is 3.88. The average Bonchev–Trinajstić information content (AvgIpc) is 2.26. The largest absolute Gasteiger partial charge is 0.337 e. The zero-order valence-corrected chi connectivity index (χ0v) is 11.0. The minimum Gasteiger partial charge on any atom is -0.337 e. The normalized spacial score (nSPS) is 24.1. The molecule has 1 aromatic rings. The summed E-state index contributed by atoms with van der Waals surface area (Å²) in [6, 6.07) is 3.82. The summed E-state index contributed by atoms with van der Waals surface area (Å²) in [6.45, 7) is 3.25. The van der Waals surface area contributed by atoms with Crippen molar-refractivity contribution in [2.24, 2.45) is 11.7 Å². The van der Waals surface area contributed by atoms with Crippen molar-refractivity contribution < 1.29 is 9.18 Å². The fraction of sp³-hybridized carbons (Fsp3) is 0.462. The third-order valence-electron chi connectivity index (χ3n) is 3.14. The molecular formula is C13H16ClFN2O. The molecule has 1 aliphatic heterocycles. The first kappa shape index (κ1) is 13.3. The smallest absolute Gasteiger partial charge is 0.255 e. The second kappa shape index (κ2) is 5.24. The van der Waals surface area contributed by atoms with Crippen LogP contribution in [0.25, 0.3) is 0 Å². The summed E-state index contributed by atoms with van der Waals surface area (Å²) in [6.07, 6.45) is 0.918. The van der Waals surface area contributed by atoms with Crippen LogP contribution in [0, 0.1) is 11.7 Å². The van der Waals surface area contributed by atoms with E-state index in [4.69, 9.17) is 17.3 Å². The van der Waals surface area contributed by atoms with Gasteiger partial charge in [-0.3, -0.25) is 4.79 Å². The van der Waals surface area contributed by atoms with Gasteiger partial charge in [-0.1, -0.05) is 18.5 Å². The minimum atomic E-state index is -0.444. The highest BCUT2D eigenvalue weighted by Crippen LogP contribution is 2.22. The molecule has 0 radical (unpaired) electrons. The van der Waals surface area contributed by atoms with Gasteiger partial charge in [-0.2, -0.15) is 0 Å². The van der Waals surface area contributed by atoms with E-state index in [-0.39, 0.29) is 17.0 Å². The number of nitrogens with zero attached hydrogens (tertiary/aromatic N) is 1. The third kappa shape index (κ3) is 2.82. The molecule has 1 saturated heterocycles. The van der Waals surface area contributed by atoms with Crippen molar-refractivity contribution in [1.82, 2.24) is 4.90 Å². The van der Waals surface area contributed by atoms with E-state index >= 15 is 0 Å². The molecule has 0 saturated carbocycles. The summed E-state index contributed by atoms with van der Waals surface area (Å²) in [5.74, 6) is -0.251. The SMILES string of the molecule is CC1CC(N)CN(C(=O)c2ccc(F)cc2Cl)C1. The number of rotatable bonds is 1. The van der Waals surface area contributed by atoms with E-state index in [0.29, 0.717) is 24.6 Å². The molecule has 2 N–H and O–H groups in total. The Morgan fingerprint density at radius 2 is 2.22 bits per heavy atom. The fourth-order valence-corrected chi connectivity index (χ4v) is 2.65. The van der Waals surface area contributed by atoms with Crippen molar-refractivity contribution in [3.8, 4) is 0 Å². The van der Waals surface area contributed by atoms with Crippen LogP contribution in [0.15, 0.2) is 18.2 Å². The van der Waals surface area contributed by atoms with Crippen molar-refractivity contribution in [2.75, 3.05) is 13.1 Å². The first-order chi connectivity index (χ1) is 8.47. The summed E-state index contributed by atoms with van der Waals surface area (Å²) in [4.78, 5) is 14.0. The summed E-state index contributed by atoms with van der Waals surface area (Å²) >= 11 is 5.90. The summed E-state index contributed by atoms with van der Waals surface area (Å²) < 4.78 is 12.9. The molecule has 98 valence electrons. The Hall–Kier alpha value is -1.13. The van der Waals surface area contributed by atoms with E-state index in [9.17, 15) is 9.18 Å². The van der Waals surface area contributed by atoms with Crippen molar-refractivity contribution in [2.45, 2.75) is 19.4 Å². The number of hydrogen-bond donors (Lipinski definition) is 1. The maximum Gasteiger partial charge on any atom is 0.255 e. The second-order valence-corrected chi connectivity index (χ2v) is 5.34. The zero-order chi connectivity index (χ0) is 13.3. The lowest BCUT2D eigenvalue weighted by Gasteiger charge is -2.35. The van der Waals surface area contributed by atoms with Gasteiger partial charge in [0.05, 0.1) is 10.6 Å². The maximum absolute atomic E-state index is 12.9. The summed E-state index contributed by atoms with van der Waals surface area (Å²) in [7, 11) is 0. The van der Waals surface area contributed by atoms with E-state index in [1.54, 1.807) is 4.90 Å². The van der Waals surface area contributed by atoms with Crippen molar-refractivity contribution >= 4 is 17.5 Å². The van der Waals surface area contributed by atoms with Gasteiger partial charge < -0.3 is 10.6 Å². The number of benzene rings is 1. The van der Waals surface area contributed by atoms with Crippen LogP contribution in [0.1, 0.15) is 23.7 Å². The Morgan fingerprint density at radius 3 is 2.83 bits per heavy atom. The van der Waals surface area contributed by atoms with E-state index < -0.39 is 5.82 Å². The maximum atomic E-state index is 12.9. The highest BCUT2D eigenvalue weighted by molar-refractivity contribution is 6.33. The van der Waals surface area contributed by atoms with Crippen LogP contribution in [0.2, 0.25) is 5.02 Å². The fourth-order valence-electron chi connectivity index (χ4n) is 2.40. The van der Waals surface area contributed by atoms with Crippen molar-refractivity contribution in [3.63, 3.8) is 0 Å². The molecule has 3 nitrogen and oxygen atoms in total. The number of nitrogens with two attached hydrogens (primary N) is 1. The minimum absolute atomic E-state index is 0.00285. The van der Waals surface area contributed by atoms with E-state index in [1.807, 2.05) is 0 Å². The summed E-state index contributed by atoms with van der Waals surface area (Å²) in [5, 5.41) is 0.145. The summed E-state index contributed by atoms with van der Waals surface area (Å²) in [5.41, 5.74) is 6.24. The van der Waals surface area contributed by atoms with E-state index in [2.05, 4.69) is 6.92 Å². The van der Waals surface area contributed by atoms with Crippen LogP contribution >= 0.6 is 11.6 Å². The molecule has 1 aromatic carbocycles. The van der Waals surface area contributed by atoms with E-state index in [1.165, 1.54) is 12.1 Å². The Labute approximate surface area is 111 Å². The predicted octanol–water partition coefficient (Wildman–Crippen LogP) is 2.29. The monoisotopic (exact) mass is 270 g/mol. The Bertz CT molecular complexity index is 456. The average molecular weight is 271 g/mol. The van der Waals surface area contributed by atoms with Gasteiger partial charge in [0.1, 0.15) is 5.82 Å². The number of amides is 1. The Balaban J connectivity index is 2.20. The number of carbonyl (C=O) groups is 1. The molecule has 1 aliphatic rings. The van der Waals surface area contributed by atoms with Gasteiger partial charge in [-0.25, -0.2) is 4.39 Å². The van der Waals surface area contributed by atoms with Gasteiger partial charge >= 0.3 is 0 Å². The van der Waals surface area contributed by atoms with Gasteiger partial charge in [0.2, 0.25) is 0 Å². The predicted molar refractivity (Wildman–Crippen MR) is 69.1 cm³/mol. The lowest BCUT2D eigenvalue weighted by atomic mass is 9.96. The quantitative estimate of drug-likeness (QED) is 0.851. The highest BCUT2D eigenvalue weighted by Gasteiger charge is 2.27. The molecule has 0 aromatic heterocycles. The highest BCUT2D eigenvalue weighted by atomic mass is 35.5. The van der Waals surface area contributed by atoms with E-state index in [0.717, 1.165) is 12.5 Å². The number of likely N-dealkylation sites (tertiary alicyclic amines) is 1. The van der Waals surface area contributed by atoms with Crippen molar-refractivity contribution in [1.29, 1.82) is 0 Å². The lowest BCUT2D eigenvalue weighted by Crippen LogP contribution is -2.48. The second-order valence-electron chi connectivity index (χ2n) is 4.94. The Morgan fingerprint density at radius 1 is 1.50 bits per heavy atom. The van der Waals surface area contributed by atoms with Crippen LogP contribution in [0.5, 0.6) is 0 Å². The standard InChI is InChI=1S/C13H16ClFN2O/c1-8-4-10(16)7-17(6-8)13(18)11-3-2-9(15)5-12(11)14/h2-3,5,8,10H,4,6-7,16H2,1H3. The van der Waals surface area contributed by atoms with Crippen LogP contribution in [-0.2, 0) is 0 Å². The van der Waals surface area contributed by atoms with Gasteiger partial charge in [-0.15, -0.1) is 0 Å². The molecule has 1 amide bonds. The lowest BCUT2D eigenvalue weighted by molar-refractivity contribution is 0.0661. The van der Waals surface area contributed by atoms with Gasteiger partial charge in [-0.05, 0) is 30.5 Å². The van der Waals surface area contributed by atoms with Crippen LogP contribution in [0.4, 0.5) is 4.39 Å². The molecule has 0 aliphatic carbocycles. The molecule has 5 heteroatoms. The van der Waals surface area contributed by atoms with Crippen LogP contribution in [0.3, 0.4) is 0 Å². The number of halogens is 2. The third-order valence-corrected chi connectivity index (χ3v) is 3.45. The first-order valence-electron chi connectivity index (χ1n) is 5.97. The van der Waals surface area contributed by atoms with Crippen LogP contribution in [-0.4, -0.2) is 29.9 Å². The molecule has 0 spiro atoms. The zero-order valence-electron chi connectivity index (χ0n) is 10.2. The molecule has 0 bridgehead atoms. The number of piperidine rings is 1. The number of carbonyl (C=O) groups excluding carboxylic acids is 1. The molecule has 18 heavy (non-hydrogen) atoms. The van der Waals surface area contributed by atoms with Gasteiger partial charge in [0, 0.05) is 19.1 Å². The van der Waals surface area contributed by atoms with Crippen molar-refractivity contribution in [3.05, 3.63) is 34.6 Å². The molecule has 2 rings (SSSR count). The van der Waals surface area contributed by atoms with Crippen LogP contribution < -0.4 is 5.73 Å². The van der Waals surface area contributed by atoms with Gasteiger partial charge in [0.25, 0.3) is 5.91 Å². The number of hydrogen-bond acceptors (Lipinski definition) is 2. The van der Waals surface area contributed by atoms with Gasteiger partial charge in [0.15, 0.2) is 0 Å². The first-order valence-corrected chi connectivity index (χ1v) is 6.35. The molecule has 1 fully saturated rings.